The SMILES string of the molecule is CC(=O)N/N=C/CCCCC(=O)OCc1ccc(NC(=O)OC2OC(C(=O)[O-])C(O)C(O)C2O)cc1.[Na+]. The van der Waals surface area contributed by atoms with Crippen LogP contribution in [0, 0.1) is 0 Å². The number of carbonyl (C=O) groups excluding carboxylic acids is 4. The van der Waals surface area contributed by atoms with Crippen LogP contribution in [0.25, 0.3) is 0 Å². The summed E-state index contributed by atoms with van der Waals surface area (Å²) in [5.74, 6) is -2.50. The van der Waals surface area contributed by atoms with Crippen molar-refractivity contribution in [3.05, 3.63) is 29.8 Å². The second-order valence-corrected chi connectivity index (χ2v) is 7.83. The van der Waals surface area contributed by atoms with Gasteiger partial charge in [-0.05, 0) is 37.0 Å². The second kappa shape index (κ2) is 16.3. The number of amides is 2. The molecule has 37 heavy (non-hydrogen) atoms. The Kier molecular flexibility index (Phi) is 14.3. The Morgan fingerprint density at radius 1 is 1.08 bits per heavy atom. The minimum absolute atomic E-state index is 0. The van der Waals surface area contributed by atoms with Crippen LogP contribution in [0.3, 0.4) is 0 Å². The number of esters is 1. The van der Waals surface area contributed by atoms with Crippen molar-refractivity contribution >= 4 is 35.8 Å². The minimum Gasteiger partial charge on any atom is -0.547 e. The van der Waals surface area contributed by atoms with Gasteiger partial charge < -0.3 is 39.4 Å². The maximum Gasteiger partial charge on any atom is 1.00 e. The predicted octanol–water partition coefficient (Wildman–Crippen LogP) is -4.48. The smallest absolute Gasteiger partial charge is 0.547 e. The maximum absolute atomic E-state index is 12.1. The second-order valence-electron chi connectivity index (χ2n) is 7.83. The molecule has 1 heterocycles. The molecule has 0 aliphatic carbocycles. The van der Waals surface area contributed by atoms with E-state index >= 15 is 0 Å². The normalized spacial score (nSPS) is 23.0. The Morgan fingerprint density at radius 3 is 2.38 bits per heavy atom. The number of rotatable bonds is 11. The number of unbranched alkanes of at least 4 members (excludes halogenated alkanes) is 2. The number of ether oxygens (including phenoxy) is 3. The third-order valence-corrected chi connectivity index (χ3v) is 4.90. The first kappa shape index (κ1) is 32.4. The molecule has 5 N–H and O–H groups in total. The first-order chi connectivity index (χ1) is 17.1. The molecule has 5 atom stereocenters. The molecule has 14 nitrogen and oxygen atoms in total. The number of nitrogens with one attached hydrogen (secondary N) is 2. The van der Waals surface area contributed by atoms with Crippen molar-refractivity contribution in [2.75, 3.05) is 5.32 Å². The Labute approximate surface area is 234 Å². The van der Waals surface area contributed by atoms with Gasteiger partial charge in [-0.25, -0.2) is 10.2 Å². The average Bonchev–Trinajstić information content (AvgIpc) is 2.83. The molecule has 1 fully saturated rings. The van der Waals surface area contributed by atoms with Gasteiger partial charge in [-0.15, -0.1) is 0 Å². The average molecular weight is 533 g/mol. The van der Waals surface area contributed by atoms with E-state index in [9.17, 15) is 39.6 Å². The Hall–Kier alpha value is -2.59. The van der Waals surface area contributed by atoms with Crippen LogP contribution in [0.2, 0.25) is 0 Å². The van der Waals surface area contributed by atoms with Crippen LogP contribution in [0.5, 0.6) is 0 Å². The minimum atomic E-state index is -2.01. The van der Waals surface area contributed by atoms with Crippen LogP contribution in [0.15, 0.2) is 29.4 Å². The molecule has 1 saturated heterocycles. The molecule has 0 aromatic heterocycles. The van der Waals surface area contributed by atoms with Crippen molar-refractivity contribution in [2.24, 2.45) is 5.10 Å². The first-order valence-corrected chi connectivity index (χ1v) is 11.0. The molecule has 1 aliphatic rings. The number of carboxylic acid groups (broad SMARTS) is 1. The molecule has 1 aromatic rings. The van der Waals surface area contributed by atoms with E-state index in [2.05, 4.69) is 15.8 Å². The zero-order valence-electron chi connectivity index (χ0n) is 20.4. The number of carbonyl (C=O) groups is 4. The molecule has 1 aromatic carbocycles. The number of aliphatic hydroxyl groups excluding tert-OH is 3. The summed E-state index contributed by atoms with van der Waals surface area (Å²) < 4.78 is 14.8. The van der Waals surface area contributed by atoms with Crippen molar-refractivity contribution < 1.29 is 83.4 Å². The van der Waals surface area contributed by atoms with Gasteiger partial charge in [0.1, 0.15) is 31.0 Å². The van der Waals surface area contributed by atoms with E-state index in [1.165, 1.54) is 19.1 Å². The molecule has 0 bridgehead atoms. The van der Waals surface area contributed by atoms with Crippen molar-refractivity contribution in [1.29, 1.82) is 0 Å². The quantitative estimate of drug-likeness (QED) is 0.0601. The van der Waals surface area contributed by atoms with E-state index in [0.29, 0.717) is 24.8 Å². The number of aliphatic carboxylic acids is 1. The summed E-state index contributed by atoms with van der Waals surface area (Å²) in [6.07, 6.45) is -7.12. The van der Waals surface area contributed by atoms with Crippen LogP contribution in [-0.2, 0) is 35.2 Å². The number of hydrogen-bond acceptors (Lipinski definition) is 12. The van der Waals surface area contributed by atoms with E-state index in [1.54, 1.807) is 18.3 Å². The molecular formula is C22H28N3NaO11. The maximum atomic E-state index is 12.1. The summed E-state index contributed by atoms with van der Waals surface area (Å²) in [6.45, 7) is 1.36. The summed E-state index contributed by atoms with van der Waals surface area (Å²) in [7, 11) is 0. The third kappa shape index (κ3) is 11.1. The fraction of sp³-hybridized carbons (Fsp3) is 0.500. The first-order valence-electron chi connectivity index (χ1n) is 11.0. The topological polar surface area (TPSA) is 216 Å². The van der Waals surface area contributed by atoms with Gasteiger partial charge >= 0.3 is 41.6 Å². The summed E-state index contributed by atoms with van der Waals surface area (Å²) in [4.78, 5) is 45.6. The fourth-order valence-electron chi connectivity index (χ4n) is 3.02. The summed E-state index contributed by atoms with van der Waals surface area (Å²) >= 11 is 0. The molecule has 0 saturated carbocycles. The summed E-state index contributed by atoms with van der Waals surface area (Å²) in [5, 5.41) is 46.2. The van der Waals surface area contributed by atoms with Gasteiger partial charge in [0.25, 0.3) is 0 Å². The number of carboxylic acids is 1. The van der Waals surface area contributed by atoms with Crippen LogP contribution in [-0.4, -0.2) is 76.2 Å². The molecule has 0 radical (unpaired) electrons. The Balaban J connectivity index is 0.00000684. The molecule has 5 unspecified atom stereocenters. The van der Waals surface area contributed by atoms with Gasteiger partial charge in [-0.3, -0.25) is 14.9 Å². The van der Waals surface area contributed by atoms with Gasteiger partial charge in [0.15, 0.2) is 0 Å². The van der Waals surface area contributed by atoms with Crippen molar-refractivity contribution in [3.63, 3.8) is 0 Å². The zero-order valence-corrected chi connectivity index (χ0v) is 22.4. The molecule has 15 heteroatoms. The molecule has 2 rings (SSSR count). The van der Waals surface area contributed by atoms with Gasteiger partial charge in [-0.2, -0.15) is 5.10 Å². The fourth-order valence-corrected chi connectivity index (χ4v) is 3.02. The number of hydrogen-bond donors (Lipinski definition) is 5. The van der Waals surface area contributed by atoms with Crippen molar-refractivity contribution in [2.45, 2.75) is 69.9 Å². The van der Waals surface area contributed by atoms with E-state index in [4.69, 9.17) is 14.2 Å². The van der Waals surface area contributed by atoms with E-state index in [0.717, 1.165) is 0 Å². The van der Waals surface area contributed by atoms with E-state index in [-0.39, 0.29) is 60.1 Å². The molecule has 198 valence electrons. The monoisotopic (exact) mass is 533 g/mol. The van der Waals surface area contributed by atoms with Crippen LogP contribution < -0.4 is 45.4 Å². The van der Waals surface area contributed by atoms with E-state index in [1.807, 2.05) is 0 Å². The standard InChI is InChI=1S/C22H29N3O11.Na/c1-12(26)25-23-10-4-2-3-5-15(27)34-11-13-6-8-14(9-7-13)24-22(33)36-21-18(30)16(28)17(29)19(35-21)20(31)32;/h6-10,16-19,21,28-30H,2-5,11H2,1H3,(H,24,33)(H,25,26)(H,31,32);/q;+1/p-1/b23-10+;. The van der Waals surface area contributed by atoms with Gasteiger partial charge in [-0.1, -0.05) is 12.1 Å². The van der Waals surface area contributed by atoms with Crippen LogP contribution in [0.4, 0.5) is 10.5 Å². The number of anilines is 1. The number of nitrogens with zero attached hydrogens (tertiary/aromatic N) is 1. The molecule has 0 spiro atoms. The van der Waals surface area contributed by atoms with Crippen LogP contribution >= 0.6 is 0 Å². The van der Waals surface area contributed by atoms with Gasteiger partial charge in [0.05, 0.1) is 5.97 Å². The van der Waals surface area contributed by atoms with Crippen molar-refractivity contribution in [3.8, 4) is 0 Å². The predicted molar refractivity (Wildman–Crippen MR) is 119 cm³/mol. The Morgan fingerprint density at radius 2 is 1.76 bits per heavy atom. The molecular weight excluding hydrogens is 505 g/mol. The van der Waals surface area contributed by atoms with Crippen LogP contribution in [0.1, 0.15) is 38.2 Å². The zero-order chi connectivity index (χ0) is 26.7. The number of benzene rings is 1. The van der Waals surface area contributed by atoms with Gasteiger partial charge in [0, 0.05) is 25.2 Å². The van der Waals surface area contributed by atoms with E-state index < -0.39 is 42.8 Å². The third-order valence-electron chi connectivity index (χ3n) is 4.90. The Bertz CT molecular complexity index is 944. The molecule has 1 aliphatic heterocycles. The molecule has 2 amide bonds. The largest absolute Gasteiger partial charge is 1.00 e. The summed E-state index contributed by atoms with van der Waals surface area (Å²) in [5.41, 5.74) is 3.19. The summed E-state index contributed by atoms with van der Waals surface area (Å²) in [6, 6.07) is 6.14. The van der Waals surface area contributed by atoms with Gasteiger partial charge in [0.2, 0.25) is 12.2 Å². The number of aliphatic hydroxyl groups is 3. The number of hydrazone groups is 1. The van der Waals surface area contributed by atoms with Crippen molar-refractivity contribution in [1.82, 2.24) is 5.43 Å².